The number of hydrogen-bond donors (Lipinski definition) is 2. The number of halogens is 1. The van der Waals surface area contributed by atoms with Crippen LogP contribution in [0.2, 0.25) is 0 Å². The van der Waals surface area contributed by atoms with E-state index in [1.54, 1.807) is 7.11 Å². The maximum Gasteiger partial charge on any atom is 0.191 e. The van der Waals surface area contributed by atoms with Crippen molar-refractivity contribution < 1.29 is 4.74 Å². The Morgan fingerprint density at radius 1 is 1.13 bits per heavy atom. The van der Waals surface area contributed by atoms with Crippen LogP contribution in [0.3, 0.4) is 0 Å². The first-order valence-electron chi connectivity index (χ1n) is 10.9. The summed E-state index contributed by atoms with van der Waals surface area (Å²) in [5.41, 5.74) is 1.26. The topological polar surface area (TPSA) is 76.4 Å². The third kappa shape index (κ3) is 9.88. The predicted molar refractivity (Wildman–Crippen MR) is 138 cm³/mol. The predicted octanol–water partition coefficient (Wildman–Crippen LogP) is 4.24. The third-order valence-corrected chi connectivity index (χ3v) is 5.23. The highest BCUT2D eigenvalue weighted by molar-refractivity contribution is 14.0. The number of guanidine groups is 1. The lowest BCUT2D eigenvalue weighted by molar-refractivity contribution is 0.414. The molecule has 0 amide bonds. The first kappa shape index (κ1) is 27.2. The van der Waals surface area contributed by atoms with Crippen LogP contribution in [0.25, 0.3) is 0 Å². The molecule has 0 fully saturated rings. The summed E-state index contributed by atoms with van der Waals surface area (Å²) in [6.45, 7) is 10.0. The van der Waals surface area contributed by atoms with E-state index in [1.807, 2.05) is 30.7 Å². The zero-order chi connectivity index (χ0) is 21.9. The van der Waals surface area contributed by atoms with Crippen LogP contribution in [0.4, 0.5) is 0 Å². The van der Waals surface area contributed by atoms with E-state index in [2.05, 4.69) is 53.7 Å². The van der Waals surface area contributed by atoms with E-state index >= 15 is 0 Å². The SMILES string of the molecule is COc1ccc(CCNC(=NCc2nnc(C)n2C)NC(C)CCCC(C)C)cc1.I. The van der Waals surface area contributed by atoms with Gasteiger partial charge in [0.2, 0.25) is 0 Å². The van der Waals surface area contributed by atoms with Gasteiger partial charge in [0.05, 0.1) is 7.11 Å². The van der Waals surface area contributed by atoms with E-state index in [4.69, 9.17) is 9.73 Å². The molecular weight excluding hydrogens is 503 g/mol. The Labute approximate surface area is 204 Å². The maximum atomic E-state index is 5.23. The molecule has 0 saturated carbocycles. The molecule has 0 aliphatic heterocycles. The lowest BCUT2D eigenvalue weighted by Gasteiger charge is -2.19. The standard InChI is InChI=1S/C23H38N6O.HI/c1-17(2)8-7-9-18(3)26-23(25-16-22-28-27-19(4)29(22)5)24-15-14-20-10-12-21(30-6)13-11-20;/h10-13,17-18H,7-9,14-16H2,1-6H3,(H2,24,25,26);1H. The summed E-state index contributed by atoms with van der Waals surface area (Å²) >= 11 is 0. The number of methoxy groups -OCH3 is 1. The monoisotopic (exact) mass is 542 g/mol. The maximum absolute atomic E-state index is 5.23. The van der Waals surface area contributed by atoms with E-state index < -0.39 is 0 Å². The Hall–Kier alpha value is -1.84. The first-order valence-corrected chi connectivity index (χ1v) is 10.9. The number of aliphatic imine (C=N–C) groups is 1. The van der Waals surface area contributed by atoms with Gasteiger partial charge in [0.1, 0.15) is 18.1 Å². The van der Waals surface area contributed by atoms with E-state index in [0.29, 0.717) is 12.6 Å². The van der Waals surface area contributed by atoms with Crippen molar-refractivity contribution in [1.29, 1.82) is 0 Å². The van der Waals surface area contributed by atoms with E-state index in [-0.39, 0.29) is 24.0 Å². The normalized spacial score (nSPS) is 12.4. The summed E-state index contributed by atoms with van der Waals surface area (Å²) in [4.78, 5) is 4.76. The van der Waals surface area contributed by atoms with Gasteiger partial charge in [-0.05, 0) is 50.3 Å². The molecule has 1 unspecified atom stereocenters. The molecule has 0 bridgehead atoms. The molecule has 1 aromatic heterocycles. The third-order valence-electron chi connectivity index (χ3n) is 5.23. The Bertz CT molecular complexity index is 788. The lowest BCUT2D eigenvalue weighted by atomic mass is 10.0. The summed E-state index contributed by atoms with van der Waals surface area (Å²) in [6, 6.07) is 8.55. The molecule has 0 aliphatic rings. The van der Waals surface area contributed by atoms with Gasteiger partial charge in [-0.15, -0.1) is 34.2 Å². The molecule has 0 radical (unpaired) electrons. The highest BCUT2D eigenvalue weighted by atomic mass is 127. The van der Waals surface area contributed by atoms with Crippen LogP contribution in [0.15, 0.2) is 29.3 Å². The van der Waals surface area contributed by atoms with Crippen LogP contribution in [0.5, 0.6) is 5.75 Å². The number of benzene rings is 1. The fraction of sp³-hybridized carbons (Fsp3) is 0.609. The number of nitrogens with zero attached hydrogens (tertiary/aromatic N) is 4. The van der Waals surface area contributed by atoms with Crippen LogP contribution in [-0.4, -0.2) is 40.4 Å². The molecule has 1 aromatic carbocycles. The molecule has 2 N–H and O–H groups in total. The molecule has 8 heteroatoms. The Balaban J connectivity index is 0.00000480. The Kier molecular flexibility index (Phi) is 12.5. The van der Waals surface area contributed by atoms with Gasteiger partial charge in [0.15, 0.2) is 11.8 Å². The van der Waals surface area contributed by atoms with E-state index in [1.165, 1.54) is 18.4 Å². The zero-order valence-electron chi connectivity index (χ0n) is 19.8. The summed E-state index contributed by atoms with van der Waals surface area (Å²) < 4.78 is 7.21. The van der Waals surface area contributed by atoms with Gasteiger partial charge in [-0.1, -0.05) is 38.8 Å². The minimum absolute atomic E-state index is 0. The van der Waals surface area contributed by atoms with Gasteiger partial charge in [0, 0.05) is 19.6 Å². The fourth-order valence-electron chi connectivity index (χ4n) is 3.15. The fourth-order valence-corrected chi connectivity index (χ4v) is 3.15. The summed E-state index contributed by atoms with van der Waals surface area (Å²) in [7, 11) is 3.66. The molecule has 1 atom stereocenters. The number of ether oxygens (including phenoxy) is 1. The summed E-state index contributed by atoms with van der Waals surface area (Å²) in [5.74, 6) is 4.19. The van der Waals surface area contributed by atoms with Crippen molar-refractivity contribution in [3.63, 3.8) is 0 Å². The van der Waals surface area contributed by atoms with Gasteiger partial charge < -0.3 is 19.9 Å². The zero-order valence-corrected chi connectivity index (χ0v) is 22.1. The highest BCUT2D eigenvalue weighted by Crippen LogP contribution is 2.11. The minimum Gasteiger partial charge on any atom is -0.497 e. The molecule has 1 heterocycles. The van der Waals surface area contributed by atoms with E-state index in [0.717, 1.165) is 48.7 Å². The minimum atomic E-state index is 0. The van der Waals surface area contributed by atoms with Crippen LogP contribution in [0, 0.1) is 12.8 Å². The molecule has 174 valence electrons. The number of rotatable bonds is 11. The molecule has 7 nitrogen and oxygen atoms in total. The van der Waals surface area contributed by atoms with Crippen molar-refractivity contribution in [2.75, 3.05) is 13.7 Å². The number of aromatic nitrogens is 3. The second-order valence-corrected chi connectivity index (χ2v) is 8.28. The number of aryl methyl sites for hydroxylation is 1. The van der Waals surface area contributed by atoms with Crippen LogP contribution >= 0.6 is 24.0 Å². The van der Waals surface area contributed by atoms with Crippen LogP contribution in [-0.2, 0) is 20.0 Å². The smallest absolute Gasteiger partial charge is 0.191 e. The van der Waals surface area contributed by atoms with Crippen molar-refractivity contribution in [3.8, 4) is 5.75 Å². The van der Waals surface area contributed by atoms with Crippen molar-refractivity contribution in [2.45, 2.75) is 66.0 Å². The second-order valence-electron chi connectivity index (χ2n) is 8.28. The van der Waals surface area contributed by atoms with E-state index in [9.17, 15) is 0 Å². The van der Waals surface area contributed by atoms with Crippen LogP contribution < -0.4 is 15.4 Å². The van der Waals surface area contributed by atoms with Gasteiger partial charge in [-0.2, -0.15) is 0 Å². The first-order chi connectivity index (χ1) is 14.4. The Morgan fingerprint density at radius 2 is 1.84 bits per heavy atom. The highest BCUT2D eigenvalue weighted by Gasteiger charge is 2.09. The molecular formula is C23H39IN6O. The molecule has 2 aromatic rings. The molecule has 0 spiro atoms. The number of nitrogens with one attached hydrogen (secondary N) is 2. The average molecular weight is 543 g/mol. The van der Waals surface area contributed by atoms with Gasteiger partial charge in [-0.3, -0.25) is 0 Å². The molecule has 0 saturated heterocycles. The van der Waals surface area contributed by atoms with Crippen LogP contribution in [0.1, 0.15) is 57.2 Å². The summed E-state index contributed by atoms with van der Waals surface area (Å²) in [5, 5.41) is 15.4. The number of hydrogen-bond acceptors (Lipinski definition) is 4. The molecule has 0 aliphatic carbocycles. The Morgan fingerprint density at radius 3 is 2.42 bits per heavy atom. The lowest BCUT2D eigenvalue weighted by Crippen LogP contribution is -2.43. The molecule has 31 heavy (non-hydrogen) atoms. The van der Waals surface area contributed by atoms with Gasteiger partial charge >= 0.3 is 0 Å². The quantitative estimate of drug-likeness (QED) is 0.253. The van der Waals surface area contributed by atoms with Gasteiger partial charge in [-0.25, -0.2) is 4.99 Å². The second kappa shape index (κ2) is 14.3. The summed E-state index contributed by atoms with van der Waals surface area (Å²) in [6.07, 6.45) is 4.50. The van der Waals surface area contributed by atoms with Crippen molar-refractivity contribution in [2.24, 2.45) is 18.0 Å². The van der Waals surface area contributed by atoms with Crippen molar-refractivity contribution in [1.82, 2.24) is 25.4 Å². The molecule has 2 rings (SSSR count). The van der Waals surface area contributed by atoms with Crippen molar-refractivity contribution >= 4 is 29.9 Å². The average Bonchev–Trinajstić information content (AvgIpc) is 3.04. The van der Waals surface area contributed by atoms with Gasteiger partial charge in [0.25, 0.3) is 0 Å². The van der Waals surface area contributed by atoms with Crippen molar-refractivity contribution in [3.05, 3.63) is 41.5 Å². The largest absolute Gasteiger partial charge is 0.497 e.